The molecule has 0 aliphatic heterocycles. The van der Waals surface area contributed by atoms with Crippen LogP contribution in [0.3, 0.4) is 0 Å². The van der Waals surface area contributed by atoms with Crippen LogP contribution in [0.4, 0.5) is 0 Å². The van der Waals surface area contributed by atoms with E-state index in [-0.39, 0.29) is 12.5 Å². The van der Waals surface area contributed by atoms with Crippen LogP contribution in [0.25, 0.3) is 0 Å². The Morgan fingerprint density at radius 2 is 1.95 bits per heavy atom. The maximum atomic E-state index is 11.7. The Labute approximate surface area is 138 Å². The van der Waals surface area contributed by atoms with Crippen LogP contribution >= 0.6 is 15.9 Å². The van der Waals surface area contributed by atoms with Crippen molar-refractivity contribution in [2.75, 3.05) is 6.61 Å². The van der Waals surface area contributed by atoms with E-state index < -0.39 is 0 Å². The van der Waals surface area contributed by atoms with E-state index in [0.717, 1.165) is 21.3 Å². The average Bonchev–Trinajstić information content (AvgIpc) is 2.51. The number of hydrazone groups is 1. The van der Waals surface area contributed by atoms with Crippen molar-refractivity contribution >= 4 is 27.5 Å². The first-order valence-corrected chi connectivity index (χ1v) is 7.62. The Kier molecular flexibility index (Phi) is 5.72. The van der Waals surface area contributed by atoms with Gasteiger partial charge >= 0.3 is 0 Å². The van der Waals surface area contributed by atoms with Gasteiger partial charge in [0.2, 0.25) is 0 Å². The van der Waals surface area contributed by atoms with E-state index in [2.05, 4.69) is 26.5 Å². The highest BCUT2D eigenvalue weighted by molar-refractivity contribution is 9.10. The predicted molar refractivity (Wildman–Crippen MR) is 91.2 cm³/mol. The number of benzene rings is 2. The second-order valence-corrected chi connectivity index (χ2v) is 5.76. The zero-order valence-electron chi connectivity index (χ0n) is 12.5. The molecule has 2 aromatic rings. The van der Waals surface area contributed by atoms with Crippen LogP contribution in [0.2, 0.25) is 0 Å². The van der Waals surface area contributed by atoms with E-state index in [1.165, 1.54) is 0 Å². The molecule has 4 nitrogen and oxygen atoms in total. The smallest absolute Gasteiger partial charge is 0.277 e. The fourth-order valence-electron chi connectivity index (χ4n) is 1.79. The monoisotopic (exact) mass is 360 g/mol. The molecule has 0 saturated carbocycles. The number of amides is 1. The van der Waals surface area contributed by atoms with E-state index in [1.807, 2.05) is 62.4 Å². The van der Waals surface area contributed by atoms with Crippen LogP contribution in [-0.4, -0.2) is 18.2 Å². The summed E-state index contributed by atoms with van der Waals surface area (Å²) in [6.45, 7) is 3.74. The molecule has 0 saturated heterocycles. The lowest BCUT2D eigenvalue weighted by molar-refractivity contribution is -0.123. The van der Waals surface area contributed by atoms with Crippen molar-refractivity contribution in [2.24, 2.45) is 5.10 Å². The lowest BCUT2D eigenvalue weighted by atomic mass is 10.1. The number of halogens is 1. The van der Waals surface area contributed by atoms with Crippen molar-refractivity contribution in [1.29, 1.82) is 0 Å². The Morgan fingerprint density at radius 3 is 2.64 bits per heavy atom. The topological polar surface area (TPSA) is 50.7 Å². The number of hydrogen-bond donors (Lipinski definition) is 1. The largest absolute Gasteiger partial charge is 0.484 e. The Balaban J connectivity index is 1.86. The second-order valence-electron chi connectivity index (χ2n) is 4.84. The first kappa shape index (κ1) is 16.2. The molecule has 2 aromatic carbocycles. The lowest BCUT2D eigenvalue weighted by Gasteiger charge is -2.06. The average molecular weight is 361 g/mol. The Hall–Kier alpha value is -2.14. The summed E-state index contributed by atoms with van der Waals surface area (Å²) in [5.74, 6) is 0.377. The summed E-state index contributed by atoms with van der Waals surface area (Å²) in [6, 6.07) is 15.3. The number of nitrogens with one attached hydrogen (secondary N) is 1. The number of carbonyl (C=O) groups excluding carboxylic acids is 1. The molecule has 1 amide bonds. The lowest BCUT2D eigenvalue weighted by Crippen LogP contribution is -2.25. The Morgan fingerprint density at radius 1 is 1.23 bits per heavy atom. The molecule has 5 heteroatoms. The molecule has 0 aromatic heterocycles. The molecule has 0 heterocycles. The number of aryl methyl sites for hydroxylation is 1. The molecule has 0 spiro atoms. The molecule has 0 unspecified atom stereocenters. The highest BCUT2D eigenvalue weighted by Gasteiger charge is 2.03. The highest BCUT2D eigenvalue weighted by atomic mass is 79.9. The van der Waals surface area contributed by atoms with Gasteiger partial charge in [-0.2, -0.15) is 5.10 Å². The minimum Gasteiger partial charge on any atom is -0.484 e. The van der Waals surface area contributed by atoms with E-state index in [9.17, 15) is 4.79 Å². The number of nitrogens with zero attached hydrogens (tertiary/aromatic N) is 1. The molecule has 2 rings (SSSR count). The van der Waals surface area contributed by atoms with Gasteiger partial charge in [0.1, 0.15) is 5.75 Å². The van der Waals surface area contributed by atoms with E-state index in [0.29, 0.717) is 5.75 Å². The van der Waals surface area contributed by atoms with Crippen LogP contribution < -0.4 is 10.2 Å². The molecular weight excluding hydrogens is 344 g/mol. The summed E-state index contributed by atoms with van der Waals surface area (Å²) in [5, 5.41) is 4.08. The van der Waals surface area contributed by atoms with Crippen molar-refractivity contribution in [3.05, 3.63) is 64.1 Å². The van der Waals surface area contributed by atoms with Crippen molar-refractivity contribution in [3.8, 4) is 5.75 Å². The second kappa shape index (κ2) is 7.75. The highest BCUT2D eigenvalue weighted by Crippen LogP contribution is 2.12. The SMILES string of the molecule is CC(=NNC(=O)COc1cccc(C)c1)c1ccc(Br)cc1. The van der Waals surface area contributed by atoms with Gasteiger partial charge in [-0.15, -0.1) is 0 Å². The van der Waals surface area contributed by atoms with E-state index in [1.54, 1.807) is 0 Å². The van der Waals surface area contributed by atoms with Gasteiger partial charge < -0.3 is 4.74 Å². The molecule has 0 aliphatic carbocycles. The van der Waals surface area contributed by atoms with Crippen LogP contribution in [-0.2, 0) is 4.79 Å². The predicted octanol–water partition coefficient (Wildman–Crippen LogP) is 3.68. The number of carbonyl (C=O) groups is 1. The molecule has 0 aliphatic rings. The maximum absolute atomic E-state index is 11.7. The minimum absolute atomic E-state index is 0.0689. The zero-order chi connectivity index (χ0) is 15.9. The standard InChI is InChI=1S/C17H17BrN2O2/c1-12-4-3-5-16(10-12)22-11-17(21)20-19-13(2)14-6-8-15(18)9-7-14/h3-10H,11H2,1-2H3,(H,20,21). The van der Waals surface area contributed by atoms with E-state index >= 15 is 0 Å². The molecule has 0 radical (unpaired) electrons. The van der Waals surface area contributed by atoms with Crippen molar-refractivity contribution in [3.63, 3.8) is 0 Å². The third kappa shape index (κ3) is 5.00. The summed E-state index contributed by atoms with van der Waals surface area (Å²) in [6.07, 6.45) is 0. The normalized spacial score (nSPS) is 11.1. The van der Waals surface area contributed by atoms with Crippen molar-refractivity contribution in [2.45, 2.75) is 13.8 Å². The number of ether oxygens (including phenoxy) is 1. The van der Waals surface area contributed by atoms with Gasteiger partial charge in [0.15, 0.2) is 6.61 Å². The van der Waals surface area contributed by atoms with Gasteiger partial charge in [0.05, 0.1) is 5.71 Å². The molecule has 114 valence electrons. The first-order valence-electron chi connectivity index (χ1n) is 6.83. The molecule has 0 atom stereocenters. The third-order valence-electron chi connectivity index (χ3n) is 2.97. The molecule has 1 N–H and O–H groups in total. The van der Waals surface area contributed by atoms with Crippen LogP contribution in [0.1, 0.15) is 18.1 Å². The Bertz CT molecular complexity index is 681. The van der Waals surface area contributed by atoms with Gasteiger partial charge in [0, 0.05) is 4.47 Å². The van der Waals surface area contributed by atoms with Gasteiger partial charge in [0.25, 0.3) is 5.91 Å². The van der Waals surface area contributed by atoms with Gasteiger partial charge in [-0.1, -0.05) is 40.2 Å². The van der Waals surface area contributed by atoms with Crippen molar-refractivity contribution in [1.82, 2.24) is 5.43 Å². The van der Waals surface area contributed by atoms with Gasteiger partial charge in [-0.3, -0.25) is 4.79 Å². The summed E-state index contributed by atoms with van der Waals surface area (Å²) in [5.41, 5.74) is 5.26. The molecule has 0 fully saturated rings. The van der Waals surface area contributed by atoms with Crippen LogP contribution in [0.5, 0.6) is 5.75 Å². The first-order chi connectivity index (χ1) is 10.5. The molecule has 0 bridgehead atoms. The van der Waals surface area contributed by atoms with Crippen molar-refractivity contribution < 1.29 is 9.53 Å². The molecule has 22 heavy (non-hydrogen) atoms. The van der Waals surface area contributed by atoms with Gasteiger partial charge in [-0.25, -0.2) is 5.43 Å². The summed E-state index contributed by atoms with van der Waals surface area (Å²) < 4.78 is 6.41. The molecular formula is C17H17BrN2O2. The van der Waals surface area contributed by atoms with Crippen LogP contribution in [0, 0.1) is 6.92 Å². The number of hydrogen-bond acceptors (Lipinski definition) is 3. The quantitative estimate of drug-likeness (QED) is 0.653. The number of rotatable bonds is 5. The fourth-order valence-corrected chi connectivity index (χ4v) is 2.05. The third-order valence-corrected chi connectivity index (χ3v) is 3.50. The summed E-state index contributed by atoms with van der Waals surface area (Å²) >= 11 is 3.38. The van der Waals surface area contributed by atoms with Crippen LogP contribution in [0.15, 0.2) is 58.1 Å². The summed E-state index contributed by atoms with van der Waals surface area (Å²) in [4.78, 5) is 11.7. The minimum atomic E-state index is -0.294. The van der Waals surface area contributed by atoms with Gasteiger partial charge in [-0.05, 0) is 49.2 Å². The summed E-state index contributed by atoms with van der Waals surface area (Å²) in [7, 11) is 0. The zero-order valence-corrected chi connectivity index (χ0v) is 14.1. The maximum Gasteiger partial charge on any atom is 0.277 e. The fraction of sp³-hybridized carbons (Fsp3) is 0.176. The van der Waals surface area contributed by atoms with E-state index in [4.69, 9.17) is 4.74 Å².